The molecule has 1 saturated carbocycles. The second-order valence-electron chi connectivity index (χ2n) is 6.31. The molecule has 2 amide bonds. The van der Waals surface area contributed by atoms with Crippen LogP contribution < -0.4 is 10.6 Å². The number of hydrogen-bond donors (Lipinski definition) is 3. The third-order valence-corrected chi connectivity index (χ3v) is 4.42. The molecule has 0 radical (unpaired) electrons. The minimum atomic E-state index is -0.836. The Bertz CT molecular complexity index is 635. The summed E-state index contributed by atoms with van der Waals surface area (Å²) >= 11 is 0. The number of nitrogens with one attached hydrogen (secondary N) is 2. The van der Waals surface area contributed by atoms with Crippen LogP contribution >= 0.6 is 0 Å². The summed E-state index contributed by atoms with van der Waals surface area (Å²) in [5, 5.41) is 14.5. The quantitative estimate of drug-likeness (QED) is 0.655. The molecule has 1 aromatic rings. The van der Waals surface area contributed by atoms with Crippen LogP contribution in [0.5, 0.6) is 0 Å². The Morgan fingerprint density at radius 3 is 2.56 bits per heavy atom. The van der Waals surface area contributed by atoms with Crippen LogP contribution in [0.2, 0.25) is 0 Å². The largest absolute Gasteiger partial charge is 0.481 e. The van der Waals surface area contributed by atoms with E-state index in [1.165, 1.54) is 24.3 Å². The topological polar surface area (TPSA) is 95.5 Å². The standard InChI is InChI=1S/C18H23FN2O4/c19-15-7-2-5-13(11-15)17(23)21-9-3-8-20-16(22)12-4-1-6-14(10-12)18(24)25/h2,5,7,11-12,14H,1,3-4,6,8-10H2,(H,20,22)(H,21,23)(H,24,25). The Labute approximate surface area is 145 Å². The maximum atomic E-state index is 13.0. The minimum absolute atomic E-state index is 0.123. The summed E-state index contributed by atoms with van der Waals surface area (Å²) in [7, 11) is 0. The van der Waals surface area contributed by atoms with Crippen LogP contribution in [0, 0.1) is 17.7 Å². The molecule has 0 aliphatic heterocycles. The SMILES string of the molecule is O=C(NCCCNC(=O)C1CCCC(C(=O)O)C1)c1cccc(F)c1. The van der Waals surface area contributed by atoms with Crippen LogP contribution in [-0.2, 0) is 9.59 Å². The van der Waals surface area contributed by atoms with Crippen molar-refractivity contribution < 1.29 is 23.9 Å². The van der Waals surface area contributed by atoms with Crippen molar-refractivity contribution in [2.75, 3.05) is 13.1 Å². The highest BCUT2D eigenvalue weighted by atomic mass is 19.1. The van der Waals surface area contributed by atoms with Gasteiger partial charge in [-0.25, -0.2) is 4.39 Å². The number of halogens is 1. The molecule has 2 rings (SSSR count). The number of carboxylic acid groups (broad SMARTS) is 1. The summed E-state index contributed by atoms with van der Waals surface area (Å²) in [5.74, 6) is -2.47. The van der Waals surface area contributed by atoms with Gasteiger partial charge in [0, 0.05) is 24.6 Å². The molecule has 2 unspecified atom stereocenters. The Hall–Kier alpha value is -2.44. The summed E-state index contributed by atoms with van der Waals surface area (Å²) in [6, 6.07) is 5.44. The van der Waals surface area contributed by atoms with Gasteiger partial charge in [-0.15, -0.1) is 0 Å². The van der Waals surface area contributed by atoms with Gasteiger partial charge in [0.05, 0.1) is 5.92 Å². The lowest BCUT2D eigenvalue weighted by molar-refractivity contribution is -0.144. The molecule has 0 bridgehead atoms. The smallest absolute Gasteiger partial charge is 0.306 e. The van der Waals surface area contributed by atoms with E-state index < -0.39 is 17.7 Å². The van der Waals surface area contributed by atoms with Gasteiger partial charge in [-0.2, -0.15) is 0 Å². The average molecular weight is 350 g/mol. The van der Waals surface area contributed by atoms with Crippen molar-refractivity contribution in [3.05, 3.63) is 35.6 Å². The van der Waals surface area contributed by atoms with E-state index in [4.69, 9.17) is 5.11 Å². The van der Waals surface area contributed by atoms with Crippen molar-refractivity contribution in [3.63, 3.8) is 0 Å². The lowest BCUT2D eigenvalue weighted by Crippen LogP contribution is -2.36. The summed E-state index contributed by atoms with van der Waals surface area (Å²) in [4.78, 5) is 34.9. The summed E-state index contributed by atoms with van der Waals surface area (Å²) in [6.07, 6.45) is 3.02. The van der Waals surface area contributed by atoms with Crippen LogP contribution in [0.4, 0.5) is 4.39 Å². The first-order valence-corrected chi connectivity index (χ1v) is 8.51. The number of carbonyl (C=O) groups is 3. The van der Waals surface area contributed by atoms with Gasteiger partial charge < -0.3 is 15.7 Å². The van der Waals surface area contributed by atoms with Crippen molar-refractivity contribution >= 4 is 17.8 Å². The minimum Gasteiger partial charge on any atom is -0.481 e. The highest BCUT2D eigenvalue weighted by Gasteiger charge is 2.30. The van der Waals surface area contributed by atoms with E-state index in [0.717, 1.165) is 6.42 Å². The molecule has 1 aliphatic carbocycles. The first-order chi connectivity index (χ1) is 12.0. The zero-order chi connectivity index (χ0) is 18.2. The number of carboxylic acids is 1. The molecule has 0 saturated heterocycles. The van der Waals surface area contributed by atoms with Crippen LogP contribution in [0.1, 0.15) is 42.5 Å². The van der Waals surface area contributed by atoms with Gasteiger partial charge in [-0.3, -0.25) is 14.4 Å². The van der Waals surface area contributed by atoms with E-state index >= 15 is 0 Å². The molecule has 2 atom stereocenters. The Morgan fingerprint density at radius 2 is 1.84 bits per heavy atom. The van der Waals surface area contributed by atoms with Crippen molar-refractivity contribution in [2.45, 2.75) is 32.1 Å². The number of benzene rings is 1. The molecule has 7 heteroatoms. The van der Waals surface area contributed by atoms with Gasteiger partial charge in [-0.05, 0) is 43.9 Å². The van der Waals surface area contributed by atoms with Crippen LogP contribution in [0.25, 0.3) is 0 Å². The number of hydrogen-bond acceptors (Lipinski definition) is 3. The first-order valence-electron chi connectivity index (χ1n) is 8.51. The molecular weight excluding hydrogens is 327 g/mol. The Kier molecular flexibility index (Phi) is 6.91. The van der Waals surface area contributed by atoms with Crippen LogP contribution in [0.3, 0.4) is 0 Å². The number of aliphatic carboxylic acids is 1. The van der Waals surface area contributed by atoms with Crippen molar-refractivity contribution in [2.24, 2.45) is 11.8 Å². The highest BCUT2D eigenvalue weighted by Crippen LogP contribution is 2.29. The molecule has 25 heavy (non-hydrogen) atoms. The Morgan fingerprint density at radius 1 is 1.12 bits per heavy atom. The van der Waals surface area contributed by atoms with Gasteiger partial charge in [0.2, 0.25) is 5.91 Å². The molecule has 1 aliphatic rings. The van der Waals surface area contributed by atoms with E-state index in [1.54, 1.807) is 0 Å². The second-order valence-corrected chi connectivity index (χ2v) is 6.31. The lowest BCUT2D eigenvalue weighted by atomic mass is 9.81. The monoisotopic (exact) mass is 350 g/mol. The maximum absolute atomic E-state index is 13.0. The van der Waals surface area contributed by atoms with Crippen LogP contribution in [-0.4, -0.2) is 36.0 Å². The van der Waals surface area contributed by atoms with Crippen molar-refractivity contribution in [1.82, 2.24) is 10.6 Å². The second kappa shape index (κ2) is 9.15. The summed E-state index contributed by atoms with van der Waals surface area (Å²) < 4.78 is 13.0. The normalized spacial score (nSPS) is 19.9. The summed E-state index contributed by atoms with van der Waals surface area (Å²) in [5.41, 5.74) is 0.256. The predicted molar refractivity (Wildman–Crippen MR) is 89.4 cm³/mol. The van der Waals surface area contributed by atoms with E-state index in [0.29, 0.717) is 38.8 Å². The molecule has 6 nitrogen and oxygen atoms in total. The molecule has 1 fully saturated rings. The fourth-order valence-electron chi connectivity index (χ4n) is 3.03. The fraction of sp³-hybridized carbons (Fsp3) is 0.500. The predicted octanol–water partition coefficient (Wildman–Crippen LogP) is 1.95. The summed E-state index contributed by atoms with van der Waals surface area (Å²) in [6.45, 7) is 0.758. The highest BCUT2D eigenvalue weighted by molar-refractivity contribution is 5.94. The van der Waals surface area contributed by atoms with Gasteiger partial charge in [0.25, 0.3) is 5.91 Å². The zero-order valence-electron chi connectivity index (χ0n) is 14.0. The third kappa shape index (κ3) is 5.85. The van der Waals surface area contributed by atoms with Gasteiger partial charge >= 0.3 is 5.97 Å². The molecule has 0 spiro atoms. The maximum Gasteiger partial charge on any atom is 0.306 e. The zero-order valence-corrected chi connectivity index (χ0v) is 14.0. The van der Waals surface area contributed by atoms with Crippen LogP contribution in [0.15, 0.2) is 24.3 Å². The van der Waals surface area contributed by atoms with Crippen molar-refractivity contribution in [3.8, 4) is 0 Å². The molecule has 0 aromatic heterocycles. The van der Waals surface area contributed by atoms with E-state index in [-0.39, 0.29) is 23.3 Å². The third-order valence-electron chi connectivity index (χ3n) is 4.42. The van der Waals surface area contributed by atoms with E-state index in [2.05, 4.69) is 10.6 Å². The van der Waals surface area contributed by atoms with Gasteiger partial charge in [-0.1, -0.05) is 12.5 Å². The molecule has 3 N–H and O–H groups in total. The molecular formula is C18H23FN2O4. The number of rotatable bonds is 7. The molecule has 0 heterocycles. The number of carbonyl (C=O) groups excluding carboxylic acids is 2. The Balaban J connectivity index is 1.65. The fourth-order valence-corrected chi connectivity index (χ4v) is 3.03. The molecule has 1 aromatic carbocycles. The lowest BCUT2D eigenvalue weighted by Gasteiger charge is -2.25. The first kappa shape index (κ1) is 18.9. The average Bonchev–Trinajstić information content (AvgIpc) is 2.61. The number of amides is 2. The van der Waals surface area contributed by atoms with Gasteiger partial charge in [0.15, 0.2) is 0 Å². The molecule has 136 valence electrons. The van der Waals surface area contributed by atoms with Gasteiger partial charge in [0.1, 0.15) is 5.82 Å². The van der Waals surface area contributed by atoms with E-state index in [1.807, 2.05) is 0 Å². The van der Waals surface area contributed by atoms with Crippen molar-refractivity contribution in [1.29, 1.82) is 0 Å². The van der Waals surface area contributed by atoms with E-state index in [9.17, 15) is 18.8 Å².